The highest BCUT2D eigenvalue weighted by Gasteiger charge is 2.13. The van der Waals surface area contributed by atoms with Gasteiger partial charge >= 0.3 is 0 Å². The van der Waals surface area contributed by atoms with Crippen LogP contribution in [0.5, 0.6) is 11.5 Å². The van der Waals surface area contributed by atoms with Crippen LogP contribution >= 0.6 is 31.9 Å². The van der Waals surface area contributed by atoms with E-state index in [1.54, 1.807) is 20.3 Å². The maximum absolute atomic E-state index is 5.77. The second-order valence-corrected chi connectivity index (χ2v) is 3.97. The molecule has 13 heavy (non-hydrogen) atoms. The Balaban J connectivity index is 3.37. The van der Waals surface area contributed by atoms with Gasteiger partial charge in [-0.1, -0.05) is 0 Å². The number of hydrogen-bond acceptors (Lipinski definition) is 3. The number of nitrogen functional groups attached to an aromatic ring is 1. The van der Waals surface area contributed by atoms with E-state index in [4.69, 9.17) is 15.2 Å². The zero-order valence-corrected chi connectivity index (χ0v) is 10.4. The number of rotatable bonds is 2. The predicted molar refractivity (Wildman–Crippen MR) is 59.4 cm³/mol. The van der Waals surface area contributed by atoms with E-state index in [0.717, 1.165) is 4.47 Å². The van der Waals surface area contributed by atoms with E-state index in [9.17, 15) is 0 Å². The van der Waals surface area contributed by atoms with Crippen molar-refractivity contribution in [1.29, 1.82) is 0 Å². The van der Waals surface area contributed by atoms with Gasteiger partial charge in [-0.15, -0.1) is 0 Å². The van der Waals surface area contributed by atoms with E-state index in [1.807, 2.05) is 0 Å². The molecule has 0 fully saturated rings. The van der Waals surface area contributed by atoms with E-state index in [0.29, 0.717) is 21.7 Å². The molecule has 0 aromatic heterocycles. The minimum absolute atomic E-state index is 0.530. The summed E-state index contributed by atoms with van der Waals surface area (Å²) >= 11 is 6.67. The first-order valence-electron chi connectivity index (χ1n) is 3.47. The minimum atomic E-state index is 0.530. The number of ether oxygens (including phenoxy) is 2. The number of anilines is 1. The fourth-order valence-corrected chi connectivity index (χ4v) is 2.35. The van der Waals surface area contributed by atoms with Crippen molar-refractivity contribution in [3.8, 4) is 11.5 Å². The highest BCUT2D eigenvalue weighted by Crippen LogP contribution is 2.42. The first-order valence-corrected chi connectivity index (χ1v) is 5.05. The van der Waals surface area contributed by atoms with Crippen molar-refractivity contribution >= 4 is 37.5 Å². The smallest absolute Gasteiger partial charge is 0.149 e. The summed E-state index contributed by atoms with van der Waals surface area (Å²) in [5, 5.41) is 0. The molecule has 0 aliphatic heterocycles. The molecule has 0 saturated carbocycles. The first kappa shape index (κ1) is 10.7. The molecule has 0 saturated heterocycles. The highest BCUT2D eigenvalue weighted by atomic mass is 79.9. The summed E-state index contributed by atoms with van der Waals surface area (Å²) in [4.78, 5) is 0. The van der Waals surface area contributed by atoms with Gasteiger partial charge in [-0.05, 0) is 31.9 Å². The Morgan fingerprint density at radius 2 is 1.85 bits per heavy atom. The van der Waals surface area contributed by atoms with Gasteiger partial charge in [0.15, 0.2) is 0 Å². The average Bonchev–Trinajstić information content (AvgIpc) is 2.12. The largest absolute Gasteiger partial charge is 0.495 e. The molecule has 0 amide bonds. The number of halogens is 2. The van der Waals surface area contributed by atoms with E-state index < -0.39 is 0 Å². The van der Waals surface area contributed by atoms with Crippen molar-refractivity contribution in [3.05, 3.63) is 15.0 Å². The fraction of sp³-hybridized carbons (Fsp3) is 0.250. The third-order valence-electron chi connectivity index (χ3n) is 1.60. The Morgan fingerprint density at radius 1 is 1.23 bits per heavy atom. The second-order valence-electron chi connectivity index (χ2n) is 2.32. The van der Waals surface area contributed by atoms with Gasteiger partial charge in [0, 0.05) is 6.07 Å². The Labute approximate surface area is 93.5 Å². The molecule has 0 aliphatic carbocycles. The molecule has 0 radical (unpaired) electrons. The zero-order chi connectivity index (χ0) is 10.0. The summed E-state index contributed by atoms with van der Waals surface area (Å²) in [5.74, 6) is 1.28. The van der Waals surface area contributed by atoms with Gasteiger partial charge in [-0.3, -0.25) is 0 Å². The Kier molecular flexibility index (Phi) is 3.44. The maximum Gasteiger partial charge on any atom is 0.149 e. The second kappa shape index (κ2) is 4.19. The molecular formula is C8H9Br2NO2. The van der Waals surface area contributed by atoms with Gasteiger partial charge in [0.1, 0.15) is 11.5 Å². The molecule has 3 nitrogen and oxygen atoms in total. The molecule has 5 heteroatoms. The highest BCUT2D eigenvalue weighted by molar-refractivity contribution is 9.11. The third-order valence-corrected chi connectivity index (χ3v) is 2.98. The van der Waals surface area contributed by atoms with Crippen molar-refractivity contribution in [3.63, 3.8) is 0 Å². The van der Waals surface area contributed by atoms with E-state index in [-0.39, 0.29) is 0 Å². The Morgan fingerprint density at radius 3 is 2.31 bits per heavy atom. The van der Waals surface area contributed by atoms with Crippen molar-refractivity contribution in [2.45, 2.75) is 0 Å². The molecule has 0 aliphatic rings. The molecular weight excluding hydrogens is 302 g/mol. The molecule has 0 atom stereocenters. The maximum atomic E-state index is 5.77. The van der Waals surface area contributed by atoms with Gasteiger partial charge in [0.25, 0.3) is 0 Å². The van der Waals surface area contributed by atoms with Crippen LogP contribution in [0.1, 0.15) is 0 Å². The topological polar surface area (TPSA) is 44.5 Å². The minimum Gasteiger partial charge on any atom is -0.495 e. The lowest BCUT2D eigenvalue weighted by Gasteiger charge is -2.11. The lowest BCUT2D eigenvalue weighted by atomic mass is 10.3. The SMILES string of the molecule is COc1cc(Br)c(OC)c(Br)c1N. The summed E-state index contributed by atoms with van der Waals surface area (Å²) in [5.41, 5.74) is 6.30. The molecule has 0 unspecified atom stereocenters. The summed E-state index contributed by atoms with van der Waals surface area (Å²) in [6.45, 7) is 0. The van der Waals surface area contributed by atoms with Crippen LogP contribution < -0.4 is 15.2 Å². The number of benzene rings is 1. The zero-order valence-electron chi connectivity index (χ0n) is 7.23. The first-order chi connectivity index (χ1) is 6.11. The average molecular weight is 311 g/mol. The van der Waals surface area contributed by atoms with Crippen LogP contribution in [0.3, 0.4) is 0 Å². The van der Waals surface area contributed by atoms with E-state index >= 15 is 0 Å². The fourth-order valence-electron chi connectivity index (χ4n) is 0.950. The molecule has 0 heterocycles. The van der Waals surface area contributed by atoms with Crippen molar-refractivity contribution in [1.82, 2.24) is 0 Å². The molecule has 1 aromatic carbocycles. The summed E-state index contributed by atoms with van der Waals surface area (Å²) in [6, 6.07) is 1.76. The lowest BCUT2D eigenvalue weighted by molar-refractivity contribution is 0.400. The molecule has 1 aromatic rings. The molecule has 2 N–H and O–H groups in total. The third kappa shape index (κ3) is 1.91. The Hall–Kier alpha value is -0.420. The van der Waals surface area contributed by atoms with Gasteiger partial charge in [0.2, 0.25) is 0 Å². The molecule has 1 rings (SSSR count). The monoisotopic (exact) mass is 309 g/mol. The number of nitrogens with two attached hydrogens (primary N) is 1. The van der Waals surface area contributed by atoms with Crippen LogP contribution in [0, 0.1) is 0 Å². The molecule has 72 valence electrons. The van der Waals surface area contributed by atoms with Crippen LogP contribution in [-0.2, 0) is 0 Å². The van der Waals surface area contributed by atoms with Gasteiger partial charge in [-0.2, -0.15) is 0 Å². The lowest BCUT2D eigenvalue weighted by Crippen LogP contribution is -1.96. The molecule has 0 bridgehead atoms. The van der Waals surface area contributed by atoms with Crippen molar-refractivity contribution in [2.24, 2.45) is 0 Å². The van der Waals surface area contributed by atoms with Crippen molar-refractivity contribution < 1.29 is 9.47 Å². The van der Waals surface area contributed by atoms with Crippen molar-refractivity contribution in [2.75, 3.05) is 20.0 Å². The summed E-state index contributed by atoms with van der Waals surface area (Å²) in [7, 11) is 3.15. The normalized spacial score (nSPS) is 9.85. The van der Waals surface area contributed by atoms with E-state index in [2.05, 4.69) is 31.9 Å². The van der Waals surface area contributed by atoms with Crippen LogP contribution in [0.4, 0.5) is 5.69 Å². The quantitative estimate of drug-likeness (QED) is 0.854. The van der Waals surface area contributed by atoms with Gasteiger partial charge in [-0.25, -0.2) is 0 Å². The summed E-state index contributed by atoms with van der Waals surface area (Å²) < 4.78 is 11.7. The van der Waals surface area contributed by atoms with Crippen LogP contribution in [0.15, 0.2) is 15.0 Å². The number of hydrogen-bond donors (Lipinski definition) is 1. The Bertz CT molecular complexity index is 328. The van der Waals surface area contributed by atoms with E-state index in [1.165, 1.54) is 0 Å². The van der Waals surface area contributed by atoms with Crippen LogP contribution in [-0.4, -0.2) is 14.2 Å². The summed E-state index contributed by atoms with van der Waals surface area (Å²) in [6.07, 6.45) is 0. The van der Waals surface area contributed by atoms with Gasteiger partial charge in [0.05, 0.1) is 28.9 Å². The number of methoxy groups -OCH3 is 2. The molecule has 0 spiro atoms. The predicted octanol–water partition coefficient (Wildman–Crippen LogP) is 2.81. The standard InChI is InChI=1S/C8H9Br2NO2/c1-12-5-3-4(9)8(13-2)6(10)7(5)11/h3H,11H2,1-2H3. The van der Waals surface area contributed by atoms with Gasteiger partial charge < -0.3 is 15.2 Å². The van der Waals surface area contributed by atoms with Crippen LogP contribution in [0.25, 0.3) is 0 Å². The van der Waals surface area contributed by atoms with Crippen LogP contribution in [0.2, 0.25) is 0 Å².